The molecule has 0 bridgehead atoms. The maximum atomic E-state index is 9.73. The summed E-state index contributed by atoms with van der Waals surface area (Å²) in [5, 5.41) is 13.3. The zero-order valence-electron chi connectivity index (χ0n) is 11.3. The Hall–Kier alpha value is -1.06. The first kappa shape index (κ1) is 13.4. The van der Waals surface area contributed by atoms with Crippen molar-refractivity contribution in [1.82, 2.24) is 0 Å². The van der Waals surface area contributed by atoms with Crippen molar-refractivity contribution in [3.8, 4) is 0 Å². The number of hydrogen-bond donors (Lipinski definition) is 2. The number of methoxy groups -OCH3 is 1. The van der Waals surface area contributed by atoms with Crippen LogP contribution in [0, 0.1) is 6.92 Å². The van der Waals surface area contributed by atoms with Crippen molar-refractivity contribution in [2.24, 2.45) is 0 Å². The topological polar surface area (TPSA) is 41.5 Å². The van der Waals surface area contributed by atoms with E-state index in [4.69, 9.17) is 4.74 Å². The molecule has 1 aliphatic rings. The number of hydrogen-bond acceptors (Lipinski definition) is 3. The van der Waals surface area contributed by atoms with Crippen LogP contribution >= 0.6 is 0 Å². The monoisotopic (exact) mass is 249 g/mol. The van der Waals surface area contributed by atoms with Gasteiger partial charge < -0.3 is 15.2 Å². The minimum Gasteiger partial charge on any atom is -0.394 e. The predicted octanol–water partition coefficient (Wildman–Crippen LogP) is 2.73. The van der Waals surface area contributed by atoms with Crippen molar-refractivity contribution in [2.75, 3.05) is 19.0 Å². The third-order valence-electron chi connectivity index (χ3n) is 3.95. The first-order valence-electron chi connectivity index (χ1n) is 6.66. The molecule has 3 heteroatoms. The van der Waals surface area contributed by atoms with Crippen LogP contribution in [0.25, 0.3) is 0 Å². The van der Waals surface area contributed by atoms with Gasteiger partial charge in [0.15, 0.2) is 0 Å². The van der Waals surface area contributed by atoms with Gasteiger partial charge in [0.2, 0.25) is 0 Å². The van der Waals surface area contributed by atoms with Gasteiger partial charge >= 0.3 is 0 Å². The number of aryl methyl sites for hydroxylation is 1. The predicted molar refractivity (Wildman–Crippen MR) is 73.9 cm³/mol. The molecular formula is C15H23NO2. The first-order valence-corrected chi connectivity index (χ1v) is 6.66. The average Bonchev–Trinajstić information content (AvgIpc) is 2.39. The second-order valence-corrected chi connectivity index (χ2v) is 5.37. The van der Waals surface area contributed by atoms with Gasteiger partial charge in [0.25, 0.3) is 0 Å². The molecule has 0 aromatic heterocycles. The molecule has 0 heterocycles. The van der Waals surface area contributed by atoms with Gasteiger partial charge in [-0.05, 0) is 50.3 Å². The van der Waals surface area contributed by atoms with Crippen LogP contribution in [-0.2, 0) is 4.74 Å². The summed E-state index contributed by atoms with van der Waals surface area (Å²) in [7, 11) is 1.77. The molecule has 0 spiro atoms. The highest BCUT2D eigenvalue weighted by atomic mass is 16.5. The molecule has 18 heavy (non-hydrogen) atoms. The van der Waals surface area contributed by atoms with Crippen LogP contribution in [0.15, 0.2) is 24.3 Å². The fraction of sp³-hybridized carbons (Fsp3) is 0.600. The Bertz CT molecular complexity index is 384. The Morgan fingerprint density at radius 2 is 2.11 bits per heavy atom. The highest BCUT2D eigenvalue weighted by Crippen LogP contribution is 2.32. The molecule has 2 N–H and O–H groups in total. The number of benzene rings is 1. The number of aliphatic hydroxyl groups is 1. The summed E-state index contributed by atoms with van der Waals surface area (Å²) < 4.78 is 5.39. The molecule has 100 valence electrons. The Morgan fingerprint density at radius 1 is 1.39 bits per heavy atom. The summed E-state index contributed by atoms with van der Waals surface area (Å²) in [5.74, 6) is 0. The van der Waals surface area contributed by atoms with Crippen LogP contribution in [0.3, 0.4) is 0 Å². The third kappa shape index (κ3) is 3.03. The lowest BCUT2D eigenvalue weighted by Crippen LogP contribution is -2.46. The second-order valence-electron chi connectivity index (χ2n) is 5.37. The van der Waals surface area contributed by atoms with Gasteiger partial charge in [-0.25, -0.2) is 0 Å². The smallest absolute Gasteiger partial charge is 0.0661 e. The molecule has 0 aliphatic heterocycles. The van der Waals surface area contributed by atoms with Crippen LogP contribution in [0.1, 0.15) is 31.2 Å². The van der Waals surface area contributed by atoms with Gasteiger partial charge in [-0.2, -0.15) is 0 Å². The molecule has 0 amide bonds. The van der Waals surface area contributed by atoms with E-state index in [1.54, 1.807) is 7.11 Å². The summed E-state index contributed by atoms with van der Waals surface area (Å²) in [5.41, 5.74) is 2.15. The minimum atomic E-state index is -0.178. The summed E-state index contributed by atoms with van der Waals surface area (Å²) in [6.45, 7) is 2.26. The lowest BCUT2D eigenvalue weighted by atomic mass is 9.80. The maximum absolute atomic E-state index is 9.73. The van der Waals surface area contributed by atoms with Crippen molar-refractivity contribution >= 4 is 5.69 Å². The fourth-order valence-corrected chi connectivity index (χ4v) is 2.73. The zero-order chi connectivity index (χ0) is 13.0. The van der Waals surface area contributed by atoms with Crippen LogP contribution in [0.4, 0.5) is 5.69 Å². The Kier molecular flexibility index (Phi) is 4.25. The van der Waals surface area contributed by atoms with Crippen LogP contribution in [0.5, 0.6) is 0 Å². The van der Waals surface area contributed by atoms with E-state index in [0.29, 0.717) is 6.10 Å². The summed E-state index contributed by atoms with van der Waals surface area (Å²) in [4.78, 5) is 0. The Morgan fingerprint density at radius 3 is 2.67 bits per heavy atom. The van der Waals surface area contributed by atoms with Crippen molar-refractivity contribution < 1.29 is 9.84 Å². The standard InChI is InChI=1S/C15H23NO2/c1-12-4-3-5-13(10-12)16-15(11-17)8-6-14(18-2)7-9-15/h3-5,10,14,16-17H,6-9,11H2,1-2H3. The van der Waals surface area contributed by atoms with Crippen molar-refractivity contribution in [3.63, 3.8) is 0 Å². The number of anilines is 1. The molecule has 1 saturated carbocycles. The average molecular weight is 249 g/mol. The van der Waals surface area contributed by atoms with E-state index in [1.807, 2.05) is 6.07 Å². The second kappa shape index (κ2) is 5.72. The van der Waals surface area contributed by atoms with Gasteiger partial charge in [-0.1, -0.05) is 12.1 Å². The minimum absolute atomic E-state index is 0.178. The lowest BCUT2D eigenvalue weighted by molar-refractivity contribution is 0.0411. The number of rotatable bonds is 4. The zero-order valence-corrected chi connectivity index (χ0v) is 11.3. The largest absolute Gasteiger partial charge is 0.394 e. The molecule has 0 saturated heterocycles. The van der Waals surface area contributed by atoms with Gasteiger partial charge in [0.1, 0.15) is 0 Å². The van der Waals surface area contributed by atoms with Crippen molar-refractivity contribution in [1.29, 1.82) is 0 Å². The van der Waals surface area contributed by atoms with E-state index in [1.165, 1.54) is 5.56 Å². The third-order valence-corrected chi connectivity index (χ3v) is 3.95. The van der Waals surface area contributed by atoms with E-state index >= 15 is 0 Å². The molecule has 3 nitrogen and oxygen atoms in total. The molecule has 1 aromatic carbocycles. The highest BCUT2D eigenvalue weighted by Gasteiger charge is 2.34. The molecule has 0 radical (unpaired) electrons. The lowest BCUT2D eigenvalue weighted by Gasteiger charge is -2.40. The van der Waals surface area contributed by atoms with Crippen molar-refractivity contribution in [2.45, 2.75) is 44.2 Å². The number of ether oxygens (including phenoxy) is 1. The first-order chi connectivity index (χ1) is 8.67. The SMILES string of the molecule is COC1CCC(CO)(Nc2cccc(C)c2)CC1. The molecule has 1 fully saturated rings. The Labute approximate surface area is 109 Å². The van der Waals surface area contributed by atoms with Crippen molar-refractivity contribution in [3.05, 3.63) is 29.8 Å². The van der Waals surface area contributed by atoms with E-state index in [9.17, 15) is 5.11 Å². The van der Waals surface area contributed by atoms with E-state index in [0.717, 1.165) is 31.4 Å². The molecule has 0 unspecified atom stereocenters. The molecule has 2 rings (SSSR count). The van der Waals surface area contributed by atoms with Gasteiger partial charge in [-0.15, -0.1) is 0 Å². The summed E-state index contributed by atoms with van der Waals surface area (Å²) in [6.07, 6.45) is 4.28. The van der Waals surface area contributed by atoms with Crippen LogP contribution < -0.4 is 5.32 Å². The van der Waals surface area contributed by atoms with E-state index in [2.05, 4.69) is 30.4 Å². The van der Waals surface area contributed by atoms with Gasteiger partial charge in [0.05, 0.1) is 18.2 Å². The number of nitrogens with one attached hydrogen (secondary N) is 1. The normalized spacial score (nSPS) is 28.1. The summed E-state index contributed by atoms with van der Waals surface area (Å²) in [6, 6.07) is 8.31. The van der Waals surface area contributed by atoms with E-state index < -0.39 is 0 Å². The molecule has 1 aliphatic carbocycles. The fourth-order valence-electron chi connectivity index (χ4n) is 2.73. The number of aliphatic hydroxyl groups excluding tert-OH is 1. The summed E-state index contributed by atoms with van der Waals surface area (Å²) >= 11 is 0. The highest BCUT2D eigenvalue weighted by molar-refractivity contribution is 5.47. The Balaban J connectivity index is 2.05. The van der Waals surface area contributed by atoms with Crippen LogP contribution in [-0.4, -0.2) is 30.5 Å². The van der Waals surface area contributed by atoms with E-state index in [-0.39, 0.29) is 12.1 Å². The quantitative estimate of drug-likeness (QED) is 0.862. The van der Waals surface area contributed by atoms with Crippen LogP contribution in [0.2, 0.25) is 0 Å². The molecule has 0 atom stereocenters. The van der Waals surface area contributed by atoms with Gasteiger partial charge in [0, 0.05) is 12.8 Å². The molecule has 1 aromatic rings. The van der Waals surface area contributed by atoms with Gasteiger partial charge in [-0.3, -0.25) is 0 Å². The maximum Gasteiger partial charge on any atom is 0.0661 e. The molecular weight excluding hydrogens is 226 g/mol.